The molecule has 1 saturated carbocycles. The van der Waals surface area contributed by atoms with Crippen LogP contribution in [-0.2, 0) is 16.1 Å². The monoisotopic (exact) mass is 425 g/mol. The lowest BCUT2D eigenvalue weighted by atomic mass is 9.94. The van der Waals surface area contributed by atoms with E-state index in [4.69, 9.17) is 4.74 Å². The maximum absolute atomic E-state index is 13.3. The summed E-state index contributed by atoms with van der Waals surface area (Å²) in [5.74, 6) is 0.682. The molecule has 3 heterocycles. The van der Waals surface area contributed by atoms with Gasteiger partial charge in [-0.15, -0.1) is 0 Å². The lowest BCUT2D eigenvalue weighted by Gasteiger charge is -2.38. The molecule has 3 aliphatic rings. The molecule has 31 heavy (non-hydrogen) atoms. The summed E-state index contributed by atoms with van der Waals surface area (Å²) in [5, 5.41) is 8.98. The highest BCUT2D eigenvalue weighted by Gasteiger charge is 2.30. The largest absolute Gasteiger partial charge is 0.376 e. The van der Waals surface area contributed by atoms with E-state index in [1.54, 1.807) is 4.80 Å². The Balaban J connectivity index is 1.21. The molecule has 0 spiro atoms. The molecule has 1 atom stereocenters. The molecule has 0 N–H and O–H groups in total. The lowest BCUT2D eigenvalue weighted by Crippen LogP contribution is -2.46. The number of benzene rings is 1. The number of piperidine rings is 1. The fourth-order valence-corrected chi connectivity index (χ4v) is 5.59. The van der Waals surface area contributed by atoms with Gasteiger partial charge in [-0.2, -0.15) is 15.0 Å². The van der Waals surface area contributed by atoms with Gasteiger partial charge in [-0.05, 0) is 69.7 Å². The van der Waals surface area contributed by atoms with Gasteiger partial charge in [0.2, 0.25) is 5.91 Å². The first-order valence-corrected chi connectivity index (χ1v) is 12.2. The standard InChI is InChI=1S/C24H35N5O2/c30-24(18-29-25-22-9-3-4-10-23(22)26-29)28(17-21-8-5-15-31-21)16-19-11-13-27(14-12-19)20-6-1-2-7-20/h3-4,9-10,19-21H,1-2,5-8,11-18H2/t21-/m1/s1. The Kier molecular flexibility index (Phi) is 6.50. The van der Waals surface area contributed by atoms with Crippen LogP contribution < -0.4 is 0 Å². The average molecular weight is 426 g/mol. The second-order valence-electron chi connectivity index (χ2n) is 9.57. The van der Waals surface area contributed by atoms with Crippen molar-refractivity contribution in [1.29, 1.82) is 0 Å². The van der Waals surface area contributed by atoms with Crippen LogP contribution in [0.3, 0.4) is 0 Å². The fourth-order valence-electron chi connectivity index (χ4n) is 5.59. The molecule has 1 aromatic carbocycles. The van der Waals surface area contributed by atoms with Crippen molar-refractivity contribution in [3.8, 4) is 0 Å². The Bertz CT molecular complexity index is 831. The van der Waals surface area contributed by atoms with E-state index in [9.17, 15) is 4.79 Å². The van der Waals surface area contributed by atoms with Gasteiger partial charge >= 0.3 is 0 Å². The summed E-state index contributed by atoms with van der Waals surface area (Å²) in [4.78, 5) is 19.6. The Morgan fingerprint density at radius 1 is 0.968 bits per heavy atom. The van der Waals surface area contributed by atoms with Gasteiger partial charge in [0, 0.05) is 25.7 Å². The zero-order chi connectivity index (χ0) is 21.0. The number of hydrogen-bond acceptors (Lipinski definition) is 5. The van der Waals surface area contributed by atoms with Gasteiger partial charge in [0.25, 0.3) is 0 Å². The number of carbonyl (C=O) groups is 1. The van der Waals surface area contributed by atoms with Crippen LogP contribution in [0.4, 0.5) is 0 Å². The third kappa shape index (κ3) is 5.09. The van der Waals surface area contributed by atoms with Crippen molar-refractivity contribution in [3.05, 3.63) is 24.3 Å². The summed E-state index contributed by atoms with van der Waals surface area (Å²) in [6.45, 7) is 4.91. The normalized spacial score (nSPS) is 23.7. The van der Waals surface area contributed by atoms with Crippen LogP contribution in [0.25, 0.3) is 11.0 Å². The SMILES string of the molecule is O=C(Cn1nc2ccccc2n1)N(CC1CCN(C2CCCC2)CC1)C[C@H]1CCCO1. The molecule has 168 valence electrons. The first-order valence-electron chi connectivity index (χ1n) is 12.2. The van der Waals surface area contributed by atoms with Gasteiger partial charge in [-0.3, -0.25) is 4.79 Å². The second kappa shape index (κ2) is 9.65. The van der Waals surface area contributed by atoms with Crippen LogP contribution in [0.15, 0.2) is 24.3 Å². The third-order valence-electron chi connectivity index (χ3n) is 7.37. The fraction of sp³-hybridized carbons (Fsp3) is 0.708. The number of carbonyl (C=O) groups excluding carboxylic acids is 1. The number of fused-ring (bicyclic) bond motifs is 1. The van der Waals surface area contributed by atoms with Crippen molar-refractivity contribution in [2.24, 2.45) is 5.92 Å². The van der Waals surface area contributed by atoms with E-state index >= 15 is 0 Å². The highest BCUT2D eigenvalue weighted by Crippen LogP contribution is 2.28. The second-order valence-corrected chi connectivity index (χ2v) is 9.57. The van der Waals surface area contributed by atoms with E-state index in [1.165, 1.54) is 51.6 Å². The zero-order valence-corrected chi connectivity index (χ0v) is 18.5. The van der Waals surface area contributed by atoms with Crippen LogP contribution in [0.1, 0.15) is 51.4 Å². The zero-order valence-electron chi connectivity index (χ0n) is 18.5. The van der Waals surface area contributed by atoms with E-state index in [0.29, 0.717) is 12.5 Å². The number of amides is 1. The first kappa shape index (κ1) is 20.9. The molecule has 2 saturated heterocycles. The Morgan fingerprint density at radius 2 is 1.68 bits per heavy atom. The molecular formula is C24H35N5O2. The number of rotatable bonds is 7. The summed E-state index contributed by atoms with van der Waals surface area (Å²) in [5.41, 5.74) is 1.67. The molecule has 7 nitrogen and oxygen atoms in total. The molecule has 2 aromatic rings. The maximum Gasteiger partial charge on any atom is 0.246 e. The van der Waals surface area contributed by atoms with Gasteiger partial charge in [0.05, 0.1) is 6.10 Å². The number of nitrogens with zero attached hydrogens (tertiary/aromatic N) is 5. The minimum absolute atomic E-state index is 0.106. The summed E-state index contributed by atoms with van der Waals surface area (Å²) >= 11 is 0. The van der Waals surface area contributed by atoms with Crippen molar-refractivity contribution in [2.45, 2.75) is 70.1 Å². The minimum atomic E-state index is 0.106. The highest BCUT2D eigenvalue weighted by molar-refractivity contribution is 5.77. The molecule has 0 radical (unpaired) electrons. The molecular weight excluding hydrogens is 390 g/mol. The maximum atomic E-state index is 13.3. The van der Waals surface area contributed by atoms with E-state index in [1.807, 2.05) is 29.2 Å². The summed E-state index contributed by atoms with van der Waals surface area (Å²) < 4.78 is 5.87. The Labute approximate surface area is 184 Å². The van der Waals surface area contributed by atoms with Gasteiger partial charge in [0.15, 0.2) is 0 Å². The first-order chi connectivity index (χ1) is 15.2. The van der Waals surface area contributed by atoms with Crippen LogP contribution in [-0.4, -0.2) is 75.6 Å². The molecule has 7 heteroatoms. The molecule has 5 rings (SSSR count). The van der Waals surface area contributed by atoms with Crippen LogP contribution in [0, 0.1) is 5.92 Å². The topological polar surface area (TPSA) is 63.5 Å². The third-order valence-corrected chi connectivity index (χ3v) is 7.37. The van der Waals surface area contributed by atoms with Crippen molar-refractivity contribution in [2.75, 3.05) is 32.8 Å². The summed E-state index contributed by atoms with van der Waals surface area (Å²) in [7, 11) is 0. The average Bonchev–Trinajstić information content (AvgIpc) is 3.55. The van der Waals surface area contributed by atoms with Gasteiger partial charge in [-0.25, -0.2) is 0 Å². The smallest absolute Gasteiger partial charge is 0.246 e. The Morgan fingerprint density at radius 3 is 2.32 bits per heavy atom. The van der Waals surface area contributed by atoms with E-state index in [2.05, 4.69) is 15.1 Å². The minimum Gasteiger partial charge on any atom is -0.376 e. The molecule has 0 unspecified atom stereocenters. The van der Waals surface area contributed by atoms with E-state index < -0.39 is 0 Å². The van der Waals surface area contributed by atoms with Gasteiger partial charge in [0.1, 0.15) is 17.6 Å². The van der Waals surface area contributed by atoms with Crippen molar-refractivity contribution in [1.82, 2.24) is 24.8 Å². The molecule has 3 fully saturated rings. The molecule has 1 aromatic heterocycles. The number of aromatic nitrogens is 3. The van der Waals surface area contributed by atoms with E-state index in [0.717, 1.165) is 43.1 Å². The number of likely N-dealkylation sites (tertiary alicyclic amines) is 1. The quantitative estimate of drug-likeness (QED) is 0.682. The van der Waals surface area contributed by atoms with Crippen molar-refractivity contribution in [3.63, 3.8) is 0 Å². The highest BCUT2D eigenvalue weighted by atomic mass is 16.5. The predicted octanol–water partition coefficient (Wildman–Crippen LogP) is 3.09. The molecule has 2 aliphatic heterocycles. The summed E-state index contributed by atoms with van der Waals surface area (Å²) in [6.07, 6.45) is 10.2. The van der Waals surface area contributed by atoms with Crippen molar-refractivity contribution >= 4 is 16.9 Å². The number of ether oxygens (including phenoxy) is 1. The molecule has 1 aliphatic carbocycles. The van der Waals surface area contributed by atoms with Gasteiger partial charge < -0.3 is 14.5 Å². The Hall–Kier alpha value is -1.99. The molecule has 1 amide bonds. The number of hydrogen-bond donors (Lipinski definition) is 0. The van der Waals surface area contributed by atoms with Crippen LogP contribution in [0.2, 0.25) is 0 Å². The predicted molar refractivity (Wildman–Crippen MR) is 120 cm³/mol. The lowest BCUT2D eigenvalue weighted by molar-refractivity contribution is -0.134. The van der Waals surface area contributed by atoms with Crippen molar-refractivity contribution < 1.29 is 9.53 Å². The van der Waals surface area contributed by atoms with Crippen LogP contribution in [0.5, 0.6) is 0 Å². The summed E-state index contributed by atoms with van der Waals surface area (Å²) in [6, 6.07) is 8.58. The van der Waals surface area contributed by atoms with Crippen LogP contribution >= 0.6 is 0 Å². The van der Waals surface area contributed by atoms with Gasteiger partial charge in [-0.1, -0.05) is 25.0 Å². The van der Waals surface area contributed by atoms with E-state index in [-0.39, 0.29) is 18.6 Å². The molecule has 0 bridgehead atoms.